The number of carbonyl (C=O) groups excluding carboxylic acids is 1. The van der Waals surface area contributed by atoms with Crippen molar-refractivity contribution in [2.75, 3.05) is 40.9 Å². The van der Waals surface area contributed by atoms with Crippen LogP contribution in [0.2, 0.25) is 0 Å². The number of unbranched alkanes of at least 4 members (excludes halogenated alkanes) is 33. The summed E-state index contributed by atoms with van der Waals surface area (Å²) in [4.78, 5) is 23.2. The molecule has 9 heteroatoms. The van der Waals surface area contributed by atoms with Crippen molar-refractivity contribution in [3.8, 4) is 0 Å². The molecule has 3 unspecified atom stereocenters. The molecule has 57 heavy (non-hydrogen) atoms. The van der Waals surface area contributed by atoms with E-state index in [1.54, 1.807) is 0 Å². The molecular formula is C48H100N2O6P+. The van der Waals surface area contributed by atoms with Gasteiger partial charge in [-0.2, -0.15) is 0 Å². The van der Waals surface area contributed by atoms with Crippen molar-refractivity contribution in [1.82, 2.24) is 5.32 Å². The summed E-state index contributed by atoms with van der Waals surface area (Å²) >= 11 is 0. The maximum Gasteiger partial charge on any atom is 0.472 e. The first-order valence-corrected chi connectivity index (χ1v) is 26.4. The lowest BCUT2D eigenvalue weighted by molar-refractivity contribution is -0.870. The van der Waals surface area contributed by atoms with Gasteiger partial charge in [0.25, 0.3) is 0 Å². The van der Waals surface area contributed by atoms with Crippen LogP contribution in [0.5, 0.6) is 0 Å². The lowest BCUT2D eigenvalue weighted by atomic mass is 10.0. The van der Waals surface area contributed by atoms with Crippen molar-refractivity contribution in [1.29, 1.82) is 0 Å². The number of hydrogen-bond donors (Lipinski definition) is 3. The van der Waals surface area contributed by atoms with E-state index in [0.29, 0.717) is 23.9 Å². The number of nitrogens with zero attached hydrogens (tertiary/aromatic N) is 1. The van der Waals surface area contributed by atoms with Crippen molar-refractivity contribution >= 4 is 13.7 Å². The summed E-state index contributed by atoms with van der Waals surface area (Å²) in [5.74, 6) is -0.139. The first-order chi connectivity index (χ1) is 27.5. The van der Waals surface area contributed by atoms with Gasteiger partial charge in [-0.15, -0.1) is 0 Å². The van der Waals surface area contributed by atoms with E-state index in [9.17, 15) is 19.4 Å². The molecule has 0 rings (SSSR count). The molecule has 0 saturated carbocycles. The number of phosphoric ester groups is 1. The van der Waals surface area contributed by atoms with Crippen LogP contribution < -0.4 is 5.32 Å². The fourth-order valence-electron chi connectivity index (χ4n) is 7.64. The number of quaternary nitrogens is 1. The molecule has 0 aromatic carbocycles. The van der Waals surface area contributed by atoms with E-state index in [-0.39, 0.29) is 19.1 Å². The fraction of sp³-hybridized carbons (Fsp3) is 0.979. The lowest BCUT2D eigenvalue weighted by Gasteiger charge is -2.26. The van der Waals surface area contributed by atoms with Gasteiger partial charge < -0.3 is 19.8 Å². The Kier molecular flexibility index (Phi) is 40.5. The summed E-state index contributed by atoms with van der Waals surface area (Å²) in [6, 6.07) is -0.753. The molecule has 0 radical (unpaired) electrons. The van der Waals surface area contributed by atoms with Gasteiger partial charge in [0, 0.05) is 6.42 Å². The van der Waals surface area contributed by atoms with E-state index in [1.807, 2.05) is 21.1 Å². The lowest BCUT2D eigenvalue weighted by Crippen LogP contribution is -2.46. The number of likely N-dealkylation sites (N-methyl/N-ethyl adjacent to an activating group) is 1. The van der Waals surface area contributed by atoms with Gasteiger partial charge in [0.05, 0.1) is 39.9 Å². The molecule has 342 valence electrons. The molecule has 0 fully saturated rings. The second-order valence-corrected chi connectivity index (χ2v) is 20.0. The largest absolute Gasteiger partial charge is 0.472 e. The zero-order valence-electron chi connectivity index (χ0n) is 38.9. The molecule has 0 aromatic rings. The van der Waals surface area contributed by atoms with Crippen molar-refractivity contribution in [2.45, 2.75) is 264 Å². The third-order valence-corrected chi connectivity index (χ3v) is 12.6. The molecule has 0 aliphatic carbocycles. The molecular weight excluding hydrogens is 732 g/mol. The number of amides is 1. The van der Waals surface area contributed by atoms with Gasteiger partial charge >= 0.3 is 7.82 Å². The number of aliphatic hydroxyl groups excluding tert-OH is 1. The second kappa shape index (κ2) is 40.9. The number of phosphoric acid groups is 1. The van der Waals surface area contributed by atoms with Gasteiger partial charge in [0.15, 0.2) is 0 Å². The van der Waals surface area contributed by atoms with Crippen LogP contribution >= 0.6 is 7.82 Å². The highest BCUT2D eigenvalue weighted by atomic mass is 31.2. The summed E-state index contributed by atoms with van der Waals surface area (Å²) < 4.78 is 23.7. The smallest absolute Gasteiger partial charge is 0.391 e. The van der Waals surface area contributed by atoms with Crippen molar-refractivity contribution in [3.63, 3.8) is 0 Å². The Morgan fingerprint density at radius 3 is 1.18 bits per heavy atom. The van der Waals surface area contributed by atoms with Crippen LogP contribution in [0.4, 0.5) is 0 Å². The van der Waals surface area contributed by atoms with Crippen molar-refractivity contribution in [2.24, 2.45) is 0 Å². The Labute approximate surface area is 355 Å². The molecule has 0 saturated heterocycles. The summed E-state index contributed by atoms with van der Waals surface area (Å²) in [7, 11) is 1.63. The Morgan fingerprint density at radius 1 is 0.526 bits per heavy atom. The summed E-state index contributed by atoms with van der Waals surface area (Å²) in [6.45, 7) is 4.92. The van der Waals surface area contributed by atoms with Gasteiger partial charge in [-0.05, 0) is 12.8 Å². The Hall–Kier alpha value is -0.500. The highest BCUT2D eigenvalue weighted by Crippen LogP contribution is 2.43. The van der Waals surface area contributed by atoms with Gasteiger partial charge in [0.1, 0.15) is 13.2 Å². The van der Waals surface area contributed by atoms with E-state index in [4.69, 9.17) is 9.05 Å². The van der Waals surface area contributed by atoms with E-state index >= 15 is 0 Å². The molecule has 0 aromatic heterocycles. The molecule has 8 nitrogen and oxygen atoms in total. The van der Waals surface area contributed by atoms with Gasteiger partial charge in [0.2, 0.25) is 5.91 Å². The minimum Gasteiger partial charge on any atom is -0.391 e. The Bertz CT molecular complexity index is 901. The molecule has 0 bridgehead atoms. The quantitative estimate of drug-likeness (QED) is 0.0321. The van der Waals surface area contributed by atoms with Crippen LogP contribution in [0.3, 0.4) is 0 Å². The number of aliphatic hydroxyl groups is 1. The van der Waals surface area contributed by atoms with Crippen LogP contribution in [0.1, 0.15) is 251 Å². The van der Waals surface area contributed by atoms with Crippen molar-refractivity contribution < 1.29 is 32.9 Å². The maximum absolute atomic E-state index is 12.9. The summed E-state index contributed by atoms with van der Waals surface area (Å²) in [5.41, 5.74) is 0. The number of carbonyl (C=O) groups is 1. The van der Waals surface area contributed by atoms with Crippen LogP contribution in [-0.2, 0) is 18.4 Å². The van der Waals surface area contributed by atoms with E-state index in [1.165, 1.54) is 186 Å². The molecule has 0 aliphatic rings. The molecule has 1 amide bonds. The highest BCUT2D eigenvalue weighted by molar-refractivity contribution is 7.47. The van der Waals surface area contributed by atoms with Gasteiger partial charge in [-0.25, -0.2) is 4.57 Å². The topological polar surface area (TPSA) is 105 Å². The first-order valence-electron chi connectivity index (χ1n) is 24.9. The zero-order valence-corrected chi connectivity index (χ0v) is 39.8. The average molecular weight is 832 g/mol. The minimum atomic E-state index is -4.31. The van der Waals surface area contributed by atoms with Crippen LogP contribution in [0.25, 0.3) is 0 Å². The SMILES string of the molecule is CCCCCCCCCCCCCCCCCCCCCC(=O)NC(COP(=O)(O)OCC[N+](C)(C)C)C(O)CCCCCCCCCCCCCCCCCC. The Morgan fingerprint density at radius 2 is 0.842 bits per heavy atom. The highest BCUT2D eigenvalue weighted by Gasteiger charge is 2.28. The molecule has 0 aliphatic heterocycles. The Balaban J connectivity index is 4.24. The standard InChI is InChI=1S/C48H99N2O6P/c1-6-8-10-12-14-16-18-20-22-24-25-26-28-30-32-34-36-38-40-42-48(52)49-46(45-56-57(53,54)55-44-43-50(3,4)5)47(51)41-39-37-35-33-31-29-27-23-21-19-17-15-13-11-9-7-2/h46-47,51H,6-45H2,1-5H3,(H-,49,52,53,54)/p+1. The number of rotatable bonds is 46. The van der Waals surface area contributed by atoms with Crippen LogP contribution in [-0.4, -0.2) is 73.4 Å². The predicted molar refractivity (Wildman–Crippen MR) is 245 cm³/mol. The van der Waals surface area contributed by atoms with Gasteiger partial charge in [-0.1, -0.05) is 232 Å². The average Bonchev–Trinajstić information content (AvgIpc) is 3.16. The molecule has 3 atom stereocenters. The third kappa shape index (κ3) is 43.4. The van der Waals surface area contributed by atoms with E-state index in [2.05, 4.69) is 19.2 Å². The van der Waals surface area contributed by atoms with E-state index in [0.717, 1.165) is 38.5 Å². The molecule has 3 N–H and O–H groups in total. The van der Waals surface area contributed by atoms with Crippen molar-refractivity contribution in [3.05, 3.63) is 0 Å². The van der Waals surface area contributed by atoms with E-state index < -0.39 is 20.0 Å². The number of hydrogen-bond acceptors (Lipinski definition) is 5. The number of nitrogens with one attached hydrogen (secondary N) is 1. The maximum atomic E-state index is 12.9. The fourth-order valence-corrected chi connectivity index (χ4v) is 8.37. The normalized spacial score (nSPS) is 14.2. The summed E-state index contributed by atoms with van der Waals surface area (Å²) in [6.07, 6.45) is 45.6. The third-order valence-electron chi connectivity index (χ3n) is 11.6. The van der Waals surface area contributed by atoms with Gasteiger partial charge in [-0.3, -0.25) is 13.8 Å². The zero-order chi connectivity index (χ0) is 42.1. The van der Waals surface area contributed by atoms with Crippen LogP contribution in [0.15, 0.2) is 0 Å². The second-order valence-electron chi connectivity index (χ2n) is 18.6. The predicted octanol–water partition coefficient (Wildman–Crippen LogP) is 14.1. The summed E-state index contributed by atoms with van der Waals surface area (Å²) in [5, 5.41) is 14.0. The minimum absolute atomic E-state index is 0.0788. The molecule has 0 heterocycles. The molecule has 0 spiro atoms. The monoisotopic (exact) mass is 832 g/mol. The van der Waals surface area contributed by atoms with Crippen LogP contribution in [0, 0.1) is 0 Å². The first kappa shape index (κ1) is 56.5.